The van der Waals surface area contributed by atoms with Crippen LogP contribution in [0, 0.1) is 11.8 Å². The molecule has 2 aliphatic rings. The first kappa shape index (κ1) is 11.3. The van der Waals surface area contributed by atoms with E-state index >= 15 is 0 Å². The van der Waals surface area contributed by atoms with Gasteiger partial charge in [-0.05, 0) is 30.2 Å². The molecule has 2 aromatic rings. The molecule has 2 aromatic carbocycles. The molecule has 0 aromatic heterocycles. The van der Waals surface area contributed by atoms with Gasteiger partial charge in [0.15, 0.2) is 0 Å². The summed E-state index contributed by atoms with van der Waals surface area (Å²) in [5.41, 5.74) is 0.260. The predicted octanol–water partition coefficient (Wildman–Crippen LogP) is 2.41. The Morgan fingerprint density at radius 1 is 1.00 bits per heavy atom. The number of carbonyl (C=O) groups excluding carboxylic acids is 1. The van der Waals surface area contributed by atoms with Gasteiger partial charge in [0.05, 0.1) is 5.56 Å². The molecule has 1 saturated heterocycles. The summed E-state index contributed by atoms with van der Waals surface area (Å²) in [5.74, 6) is 6.36. The third-order valence-electron chi connectivity index (χ3n) is 3.44. The molecule has 0 spiro atoms. The summed E-state index contributed by atoms with van der Waals surface area (Å²) in [5, 5.41) is 0. The fourth-order valence-corrected chi connectivity index (χ4v) is 2.31. The lowest BCUT2D eigenvalue weighted by Gasteiger charge is -2.15. The molecule has 2 heterocycles. The SMILES string of the molecule is O=C1c2ccccc2OC2OC12C#Cc1ccccc1. The van der Waals surface area contributed by atoms with Crippen LogP contribution in [0.2, 0.25) is 0 Å². The number of carbonyl (C=O) groups is 1. The molecular weight excluding hydrogens is 252 g/mol. The first-order chi connectivity index (χ1) is 9.79. The average Bonchev–Trinajstić information content (AvgIpc) is 3.22. The quantitative estimate of drug-likeness (QED) is 0.540. The molecule has 2 aliphatic heterocycles. The van der Waals surface area contributed by atoms with Crippen LogP contribution in [0.5, 0.6) is 5.75 Å². The van der Waals surface area contributed by atoms with Crippen LogP contribution in [-0.4, -0.2) is 17.7 Å². The van der Waals surface area contributed by atoms with Crippen molar-refractivity contribution in [1.82, 2.24) is 0 Å². The molecule has 20 heavy (non-hydrogen) atoms. The van der Waals surface area contributed by atoms with E-state index in [1.807, 2.05) is 36.4 Å². The van der Waals surface area contributed by atoms with Crippen LogP contribution in [-0.2, 0) is 4.74 Å². The van der Waals surface area contributed by atoms with Gasteiger partial charge in [0.2, 0.25) is 5.78 Å². The van der Waals surface area contributed by atoms with Crippen LogP contribution in [0.3, 0.4) is 0 Å². The van der Waals surface area contributed by atoms with Crippen molar-refractivity contribution in [1.29, 1.82) is 0 Å². The summed E-state index contributed by atoms with van der Waals surface area (Å²) < 4.78 is 11.1. The normalized spacial score (nSPS) is 25.6. The van der Waals surface area contributed by atoms with Crippen LogP contribution in [0.1, 0.15) is 15.9 Å². The van der Waals surface area contributed by atoms with Crippen LogP contribution < -0.4 is 4.74 Å². The van der Waals surface area contributed by atoms with Crippen molar-refractivity contribution in [2.45, 2.75) is 11.9 Å². The Morgan fingerprint density at radius 2 is 1.75 bits per heavy atom. The number of benzene rings is 2. The highest BCUT2D eigenvalue weighted by Gasteiger charge is 2.67. The van der Waals surface area contributed by atoms with Gasteiger partial charge in [-0.3, -0.25) is 4.79 Å². The molecule has 0 bridgehead atoms. The maximum atomic E-state index is 12.5. The van der Waals surface area contributed by atoms with Gasteiger partial charge >= 0.3 is 0 Å². The van der Waals surface area contributed by atoms with Crippen molar-refractivity contribution in [3.63, 3.8) is 0 Å². The third-order valence-corrected chi connectivity index (χ3v) is 3.44. The number of hydrogen-bond donors (Lipinski definition) is 0. The van der Waals surface area contributed by atoms with Gasteiger partial charge in [-0.1, -0.05) is 36.3 Å². The number of epoxide rings is 1. The van der Waals surface area contributed by atoms with Crippen molar-refractivity contribution >= 4 is 5.78 Å². The maximum Gasteiger partial charge on any atom is 0.258 e. The van der Waals surface area contributed by atoms with Crippen molar-refractivity contribution in [3.05, 3.63) is 65.7 Å². The summed E-state index contributed by atoms with van der Waals surface area (Å²) in [6.45, 7) is 0. The minimum absolute atomic E-state index is 0.118. The topological polar surface area (TPSA) is 38.8 Å². The summed E-state index contributed by atoms with van der Waals surface area (Å²) >= 11 is 0. The molecule has 0 amide bonds. The van der Waals surface area contributed by atoms with E-state index in [-0.39, 0.29) is 5.78 Å². The minimum atomic E-state index is -1.12. The zero-order valence-corrected chi connectivity index (χ0v) is 10.5. The Bertz CT molecular complexity index is 755. The molecule has 0 N–H and O–H groups in total. The Balaban J connectivity index is 1.72. The second-order valence-electron chi connectivity index (χ2n) is 4.74. The van der Waals surface area contributed by atoms with Gasteiger partial charge in [0.25, 0.3) is 11.9 Å². The fourth-order valence-electron chi connectivity index (χ4n) is 2.31. The van der Waals surface area contributed by atoms with Crippen LogP contribution in [0.15, 0.2) is 54.6 Å². The molecule has 96 valence electrons. The standard InChI is InChI=1S/C17H10O3/c18-15-13-8-4-5-9-14(13)19-16-17(15,20-16)11-10-12-6-2-1-3-7-12/h1-9,16H. The van der Waals surface area contributed by atoms with E-state index in [1.165, 1.54) is 0 Å². The van der Waals surface area contributed by atoms with Crippen LogP contribution in [0.4, 0.5) is 0 Å². The number of ether oxygens (including phenoxy) is 2. The predicted molar refractivity (Wildman–Crippen MR) is 72.3 cm³/mol. The van der Waals surface area contributed by atoms with Crippen LogP contribution in [0.25, 0.3) is 0 Å². The van der Waals surface area contributed by atoms with Gasteiger partial charge in [-0.25, -0.2) is 0 Å². The molecule has 0 saturated carbocycles. The Labute approximate surface area is 116 Å². The highest BCUT2D eigenvalue weighted by molar-refractivity contribution is 6.10. The van der Waals surface area contributed by atoms with Crippen molar-refractivity contribution in [2.75, 3.05) is 0 Å². The molecule has 3 heteroatoms. The third kappa shape index (κ3) is 1.56. The average molecular weight is 262 g/mol. The zero-order valence-electron chi connectivity index (χ0n) is 10.5. The number of Topliss-reactive ketones (excluding diaryl/α,β-unsaturated/α-hetero) is 1. The number of para-hydroxylation sites is 1. The summed E-state index contributed by atoms with van der Waals surface area (Å²) in [6.07, 6.45) is -0.582. The molecular formula is C17H10O3. The second-order valence-corrected chi connectivity index (χ2v) is 4.74. The molecule has 3 nitrogen and oxygen atoms in total. The van der Waals surface area contributed by atoms with E-state index in [1.54, 1.807) is 18.2 Å². The van der Waals surface area contributed by atoms with Gasteiger partial charge in [0.1, 0.15) is 5.75 Å². The van der Waals surface area contributed by atoms with E-state index in [4.69, 9.17) is 9.47 Å². The maximum absolute atomic E-state index is 12.5. The van der Waals surface area contributed by atoms with E-state index in [0.29, 0.717) is 11.3 Å². The van der Waals surface area contributed by atoms with E-state index < -0.39 is 11.9 Å². The monoisotopic (exact) mass is 262 g/mol. The van der Waals surface area contributed by atoms with E-state index in [9.17, 15) is 4.79 Å². The van der Waals surface area contributed by atoms with Gasteiger partial charge in [0, 0.05) is 5.56 Å². The molecule has 1 fully saturated rings. The van der Waals surface area contributed by atoms with Gasteiger partial charge < -0.3 is 9.47 Å². The zero-order chi connectivity index (χ0) is 13.6. The molecule has 4 rings (SSSR count). The molecule has 0 aliphatic carbocycles. The number of fused-ring (bicyclic) bond motifs is 2. The Morgan fingerprint density at radius 3 is 2.60 bits per heavy atom. The van der Waals surface area contributed by atoms with Crippen molar-refractivity contribution < 1.29 is 14.3 Å². The summed E-state index contributed by atoms with van der Waals surface area (Å²) in [4.78, 5) is 12.5. The van der Waals surface area contributed by atoms with Crippen LogP contribution >= 0.6 is 0 Å². The lowest BCUT2D eigenvalue weighted by molar-refractivity contribution is 0.0908. The summed E-state index contributed by atoms with van der Waals surface area (Å²) in [7, 11) is 0. The molecule has 2 atom stereocenters. The Kier molecular flexibility index (Phi) is 2.23. The lowest BCUT2D eigenvalue weighted by Crippen LogP contribution is -2.32. The molecule has 2 unspecified atom stereocenters. The number of ketones is 1. The summed E-state index contributed by atoms with van der Waals surface area (Å²) in [6, 6.07) is 16.7. The highest BCUT2D eigenvalue weighted by atomic mass is 16.8. The first-order valence-electron chi connectivity index (χ1n) is 6.36. The second kappa shape index (κ2) is 3.96. The smallest absolute Gasteiger partial charge is 0.258 e. The van der Waals surface area contributed by atoms with Crippen molar-refractivity contribution in [2.24, 2.45) is 0 Å². The highest BCUT2D eigenvalue weighted by Crippen LogP contribution is 2.46. The fraction of sp³-hybridized carbons (Fsp3) is 0.118. The number of rotatable bonds is 0. The van der Waals surface area contributed by atoms with E-state index in [0.717, 1.165) is 5.56 Å². The van der Waals surface area contributed by atoms with E-state index in [2.05, 4.69) is 11.8 Å². The lowest BCUT2D eigenvalue weighted by atomic mass is 9.94. The first-order valence-corrected chi connectivity index (χ1v) is 6.36. The number of hydrogen-bond acceptors (Lipinski definition) is 3. The minimum Gasteiger partial charge on any atom is -0.459 e. The van der Waals surface area contributed by atoms with Gasteiger partial charge in [-0.2, -0.15) is 0 Å². The molecule has 0 radical (unpaired) electrons. The largest absolute Gasteiger partial charge is 0.459 e. The van der Waals surface area contributed by atoms with Crippen molar-refractivity contribution in [3.8, 4) is 17.6 Å². The van der Waals surface area contributed by atoms with Gasteiger partial charge in [-0.15, -0.1) is 0 Å². The Hall–Kier alpha value is -2.57.